The first kappa shape index (κ1) is 20.3. The van der Waals surface area contributed by atoms with Gasteiger partial charge in [-0.05, 0) is 31.9 Å². The van der Waals surface area contributed by atoms with Gasteiger partial charge in [-0.2, -0.15) is 0 Å². The highest BCUT2D eigenvalue weighted by molar-refractivity contribution is 7.98. The summed E-state index contributed by atoms with van der Waals surface area (Å²) in [5, 5.41) is 0.734. The van der Waals surface area contributed by atoms with Crippen molar-refractivity contribution in [2.45, 2.75) is 44.5 Å². The number of hydrogen-bond acceptors (Lipinski definition) is 6. The largest absolute Gasteiger partial charge is 0.455 e. The van der Waals surface area contributed by atoms with E-state index in [0.29, 0.717) is 18.1 Å². The third-order valence-corrected chi connectivity index (χ3v) is 4.96. The fourth-order valence-electron chi connectivity index (χ4n) is 2.39. The number of amides is 1. The molecule has 0 aromatic carbocycles. The minimum absolute atomic E-state index is 0.101. The van der Waals surface area contributed by atoms with Crippen LogP contribution in [0.25, 0.3) is 0 Å². The van der Waals surface area contributed by atoms with Crippen LogP contribution in [0.5, 0.6) is 0 Å². The lowest BCUT2D eigenvalue weighted by atomic mass is 10.3. The lowest BCUT2D eigenvalue weighted by molar-refractivity contribution is 0.0769. The Morgan fingerprint density at radius 3 is 2.62 bits per heavy atom. The van der Waals surface area contributed by atoms with Gasteiger partial charge in [0, 0.05) is 38.9 Å². The van der Waals surface area contributed by atoms with Crippen LogP contribution in [0, 0.1) is 0 Å². The molecule has 0 fully saturated rings. The van der Waals surface area contributed by atoms with Gasteiger partial charge in [-0.25, -0.2) is 9.97 Å². The molecule has 6 nitrogen and oxygen atoms in total. The van der Waals surface area contributed by atoms with Crippen LogP contribution in [0.3, 0.4) is 0 Å². The third-order valence-electron chi connectivity index (χ3n) is 4.09. The van der Waals surface area contributed by atoms with E-state index in [1.54, 1.807) is 18.0 Å². The number of aryl methyl sites for hydroxylation is 1. The monoisotopic (exact) mass is 376 g/mol. The molecule has 2 aromatic heterocycles. The normalized spacial score (nSPS) is 10.8. The van der Waals surface area contributed by atoms with Gasteiger partial charge in [0.05, 0.1) is 5.75 Å². The lowest BCUT2D eigenvalue weighted by Gasteiger charge is -2.18. The SMILES string of the molecule is CCCN(C)c1cc(CC)nc(SCc2ccc(C(=O)N(C)CC)o2)n1. The molecule has 0 atom stereocenters. The fourth-order valence-corrected chi connectivity index (χ4v) is 3.15. The van der Waals surface area contributed by atoms with E-state index < -0.39 is 0 Å². The summed E-state index contributed by atoms with van der Waals surface area (Å²) in [5.41, 5.74) is 1.03. The highest BCUT2D eigenvalue weighted by atomic mass is 32.2. The van der Waals surface area contributed by atoms with E-state index in [2.05, 4.69) is 28.7 Å². The summed E-state index contributed by atoms with van der Waals surface area (Å²) in [5.74, 6) is 2.55. The standard InChI is InChI=1S/C19H28N4O2S/c1-6-11-23(5)17-12-14(7-2)20-19(21-17)26-13-15-9-10-16(25-15)18(24)22(4)8-3/h9-10,12H,6-8,11,13H2,1-5H3. The van der Waals surface area contributed by atoms with Gasteiger partial charge in [0.2, 0.25) is 0 Å². The fraction of sp³-hybridized carbons (Fsp3) is 0.526. The van der Waals surface area contributed by atoms with E-state index in [1.807, 2.05) is 26.1 Å². The molecular weight excluding hydrogens is 348 g/mol. The molecule has 142 valence electrons. The Balaban J connectivity index is 2.08. The molecule has 0 aliphatic carbocycles. The van der Waals surface area contributed by atoms with E-state index in [9.17, 15) is 4.79 Å². The summed E-state index contributed by atoms with van der Waals surface area (Å²) in [6.07, 6.45) is 1.94. The molecule has 1 amide bonds. The number of carbonyl (C=O) groups excluding carboxylic acids is 1. The Hall–Kier alpha value is -2.02. The zero-order valence-corrected chi connectivity index (χ0v) is 17.1. The van der Waals surface area contributed by atoms with Gasteiger partial charge in [-0.1, -0.05) is 25.6 Å². The Kier molecular flexibility index (Phi) is 7.50. The molecule has 0 saturated carbocycles. The Morgan fingerprint density at radius 2 is 1.96 bits per heavy atom. The summed E-state index contributed by atoms with van der Waals surface area (Å²) in [7, 11) is 3.81. The number of anilines is 1. The van der Waals surface area contributed by atoms with Crippen molar-refractivity contribution in [3.8, 4) is 0 Å². The average Bonchev–Trinajstić information content (AvgIpc) is 3.14. The summed E-state index contributed by atoms with van der Waals surface area (Å²) < 4.78 is 5.68. The van der Waals surface area contributed by atoms with Crippen LogP contribution >= 0.6 is 11.8 Å². The molecule has 0 bridgehead atoms. The van der Waals surface area contributed by atoms with Crippen molar-refractivity contribution in [2.75, 3.05) is 32.1 Å². The topological polar surface area (TPSA) is 62.5 Å². The molecule has 26 heavy (non-hydrogen) atoms. The van der Waals surface area contributed by atoms with Gasteiger partial charge in [-0.15, -0.1) is 0 Å². The molecule has 2 rings (SSSR count). The Bertz CT molecular complexity index is 732. The van der Waals surface area contributed by atoms with Gasteiger partial charge in [0.25, 0.3) is 5.91 Å². The maximum absolute atomic E-state index is 12.1. The molecule has 2 aromatic rings. The van der Waals surface area contributed by atoms with E-state index in [-0.39, 0.29) is 5.91 Å². The number of thioether (sulfide) groups is 1. The quantitative estimate of drug-likeness (QED) is 0.489. The molecule has 0 aliphatic rings. The van der Waals surface area contributed by atoms with Gasteiger partial charge >= 0.3 is 0 Å². The maximum atomic E-state index is 12.1. The van der Waals surface area contributed by atoms with Crippen molar-refractivity contribution in [2.24, 2.45) is 0 Å². The first-order valence-electron chi connectivity index (χ1n) is 9.04. The van der Waals surface area contributed by atoms with E-state index >= 15 is 0 Å². The van der Waals surface area contributed by atoms with E-state index in [0.717, 1.165) is 41.8 Å². The Labute approximate surface area is 160 Å². The van der Waals surface area contributed by atoms with Crippen LogP contribution in [0.15, 0.2) is 27.8 Å². The molecular formula is C19H28N4O2S. The second-order valence-corrected chi connectivity index (χ2v) is 7.09. The van der Waals surface area contributed by atoms with Crippen LogP contribution in [-0.2, 0) is 12.2 Å². The number of furan rings is 1. The van der Waals surface area contributed by atoms with E-state index in [1.165, 1.54) is 11.8 Å². The summed E-state index contributed by atoms with van der Waals surface area (Å²) in [6.45, 7) is 7.78. The van der Waals surface area contributed by atoms with Gasteiger partial charge < -0.3 is 14.2 Å². The number of hydrogen-bond donors (Lipinski definition) is 0. The molecule has 0 saturated heterocycles. The molecule has 0 N–H and O–H groups in total. The molecule has 0 unspecified atom stereocenters. The van der Waals surface area contributed by atoms with Gasteiger partial charge in [0.1, 0.15) is 11.6 Å². The van der Waals surface area contributed by atoms with Crippen LogP contribution in [0.2, 0.25) is 0 Å². The number of carbonyl (C=O) groups is 1. The van der Waals surface area contributed by atoms with Crippen molar-refractivity contribution >= 4 is 23.5 Å². The van der Waals surface area contributed by atoms with Crippen molar-refractivity contribution in [3.05, 3.63) is 35.4 Å². The summed E-state index contributed by atoms with van der Waals surface area (Å²) >= 11 is 1.52. The highest BCUT2D eigenvalue weighted by Gasteiger charge is 2.15. The van der Waals surface area contributed by atoms with Crippen LogP contribution < -0.4 is 4.90 Å². The third kappa shape index (κ3) is 5.24. The first-order valence-corrected chi connectivity index (χ1v) is 10.0. The minimum atomic E-state index is -0.101. The maximum Gasteiger partial charge on any atom is 0.289 e. The predicted octanol–water partition coefficient (Wildman–Crippen LogP) is 3.86. The smallest absolute Gasteiger partial charge is 0.289 e. The summed E-state index contributed by atoms with van der Waals surface area (Å²) in [4.78, 5) is 25.2. The summed E-state index contributed by atoms with van der Waals surface area (Å²) in [6, 6.07) is 5.62. The van der Waals surface area contributed by atoms with Crippen LogP contribution in [-0.4, -0.2) is 48.0 Å². The minimum Gasteiger partial charge on any atom is -0.455 e. The molecule has 0 spiro atoms. The average molecular weight is 377 g/mol. The first-order chi connectivity index (χ1) is 12.5. The molecule has 0 aliphatic heterocycles. The second kappa shape index (κ2) is 9.62. The van der Waals surface area contributed by atoms with Crippen molar-refractivity contribution in [1.82, 2.24) is 14.9 Å². The van der Waals surface area contributed by atoms with Crippen molar-refractivity contribution in [3.63, 3.8) is 0 Å². The Morgan fingerprint density at radius 1 is 1.19 bits per heavy atom. The number of aromatic nitrogens is 2. The number of rotatable bonds is 9. The molecule has 7 heteroatoms. The molecule has 0 radical (unpaired) electrons. The van der Waals surface area contributed by atoms with Crippen molar-refractivity contribution < 1.29 is 9.21 Å². The van der Waals surface area contributed by atoms with Crippen LogP contribution in [0.1, 0.15) is 49.2 Å². The predicted molar refractivity (Wildman–Crippen MR) is 106 cm³/mol. The zero-order chi connectivity index (χ0) is 19.1. The number of nitrogens with zero attached hydrogens (tertiary/aromatic N) is 4. The lowest BCUT2D eigenvalue weighted by Crippen LogP contribution is -2.25. The van der Waals surface area contributed by atoms with E-state index in [4.69, 9.17) is 4.42 Å². The van der Waals surface area contributed by atoms with Gasteiger partial charge in [-0.3, -0.25) is 4.79 Å². The highest BCUT2D eigenvalue weighted by Crippen LogP contribution is 2.24. The van der Waals surface area contributed by atoms with Crippen LogP contribution in [0.4, 0.5) is 5.82 Å². The zero-order valence-electron chi connectivity index (χ0n) is 16.3. The van der Waals surface area contributed by atoms with Gasteiger partial charge in [0.15, 0.2) is 10.9 Å². The molecule has 2 heterocycles. The second-order valence-electron chi connectivity index (χ2n) is 6.15. The van der Waals surface area contributed by atoms with Crippen molar-refractivity contribution in [1.29, 1.82) is 0 Å².